The second-order valence-electron chi connectivity index (χ2n) is 8.00. The molecular weight excluding hydrogens is 250 g/mol. The molecule has 0 fully saturated rings. The minimum Gasteiger partial charge on any atom is -0.264 e. The van der Waals surface area contributed by atoms with E-state index in [9.17, 15) is 0 Å². The summed E-state index contributed by atoms with van der Waals surface area (Å²) < 4.78 is 0. The first-order valence-electron chi connectivity index (χ1n) is 7.11. The molecule has 0 N–H and O–H groups in total. The highest BCUT2D eigenvalue weighted by molar-refractivity contribution is 6.83. The maximum Gasteiger partial charge on any atom is 0.0477 e. The van der Waals surface area contributed by atoms with Gasteiger partial charge in [-0.05, 0) is 41.1 Å². The van der Waals surface area contributed by atoms with E-state index < -0.39 is 16.1 Å². The molecule has 2 unspecified atom stereocenters. The standard InChI is InChI=1S/C15H27NSi2/c1-17(2,3)14-9-12-7-8-16-11-13(12)10-15(14)18(4,5)6/h7-8,11,14-15H,9-10H2,1-6H3. The van der Waals surface area contributed by atoms with Crippen molar-refractivity contribution in [1.82, 2.24) is 4.98 Å². The van der Waals surface area contributed by atoms with Crippen LogP contribution in [-0.2, 0) is 12.8 Å². The van der Waals surface area contributed by atoms with Crippen LogP contribution in [0.1, 0.15) is 11.1 Å². The molecule has 1 aliphatic carbocycles. The van der Waals surface area contributed by atoms with Crippen molar-refractivity contribution in [3.8, 4) is 0 Å². The number of fused-ring (bicyclic) bond motifs is 1. The second kappa shape index (κ2) is 4.60. The van der Waals surface area contributed by atoms with Crippen LogP contribution in [0.25, 0.3) is 0 Å². The van der Waals surface area contributed by atoms with Crippen molar-refractivity contribution < 1.29 is 0 Å². The summed E-state index contributed by atoms with van der Waals surface area (Å²) in [5.74, 6) is 0. The summed E-state index contributed by atoms with van der Waals surface area (Å²) in [6, 6.07) is 2.25. The number of pyridine rings is 1. The highest BCUT2D eigenvalue weighted by atomic mass is 28.3. The summed E-state index contributed by atoms with van der Waals surface area (Å²) in [6.45, 7) is 15.3. The molecule has 1 nitrogen and oxygen atoms in total. The van der Waals surface area contributed by atoms with Crippen LogP contribution in [0, 0.1) is 0 Å². The van der Waals surface area contributed by atoms with Gasteiger partial charge in [0.25, 0.3) is 0 Å². The second-order valence-corrected chi connectivity index (χ2v) is 18.9. The fourth-order valence-corrected chi connectivity index (χ4v) is 10.7. The Morgan fingerprint density at radius 1 is 0.889 bits per heavy atom. The van der Waals surface area contributed by atoms with Crippen molar-refractivity contribution in [2.24, 2.45) is 0 Å². The summed E-state index contributed by atoms with van der Waals surface area (Å²) in [5, 5.41) is 0. The maximum absolute atomic E-state index is 4.33. The van der Waals surface area contributed by atoms with Gasteiger partial charge in [0, 0.05) is 28.5 Å². The average Bonchev–Trinajstić information content (AvgIpc) is 2.25. The fourth-order valence-electron chi connectivity index (χ4n) is 3.42. The minimum absolute atomic E-state index is 0.945. The molecule has 2 atom stereocenters. The molecule has 0 spiro atoms. The lowest BCUT2D eigenvalue weighted by Crippen LogP contribution is -2.44. The van der Waals surface area contributed by atoms with E-state index in [0.29, 0.717) is 0 Å². The molecule has 1 aromatic rings. The molecule has 0 saturated carbocycles. The van der Waals surface area contributed by atoms with Crippen molar-refractivity contribution in [3.05, 3.63) is 29.6 Å². The summed E-state index contributed by atoms with van der Waals surface area (Å²) in [7, 11) is -2.17. The predicted octanol–water partition coefficient (Wildman–Crippen LogP) is 4.60. The van der Waals surface area contributed by atoms with Gasteiger partial charge in [0.2, 0.25) is 0 Å². The quantitative estimate of drug-likeness (QED) is 0.720. The van der Waals surface area contributed by atoms with Crippen molar-refractivity contribution in [1.29, 1.82) is 0 Å². The van der Waals surface area contributed by atoms with Crippen molar-refractivity contribution in [2.45, 2.75) is 63.2 Å². The van der Waals surface area contributed by atoms with Crippen LogP contribution in [0.4, 0.5) is 0 Å². The Morgan fingerprint density at radius 2 is 1.39 bits per heavy atom. The molecule has 100 valence electrons. The van der Waals surface area contributed by atoms with Gasteiger partial charge in [-0.25, -0.2) is 0 Å². The lowest BCUT2D eigenvalue weighted by atomic mass is 9.92. The van der Waals surface area contributed by atoms with Crippen LogP contribution in [-0.4, -0.2) is 21.1 Å². The smallest absolute Gasteiger partial charge is 0.0477 e. The van der Waals surface area contributed by atoms with Crippen LogP contribution >= 0.6 is 0 Å². The molecule has 2 rings (SSSR count). The third-order valence-corrected chi connectivity index (χ3v) is 10.6. The number of aromatic nitrogens is 1. The van der Waals surface area contributed by atoms with Crippen LogP contribution in [0.5, 0.6) is 0 Å². The SMILES string of the molecule is C[Si](C)(C)C1Cc2ccncc2CC1[Si](C)(C)C. The molecule has 0 saturated heterocycles. The van der Waals surface area contributed by atoms with Crippen LogP contribution < -0.4 is 0 Å². The first kappa shape index (κ1) is 14.0. The third-order valence-electron chi connectivity index (χ3n) is 4.59. The van der Waals surface area contributed by atoms with Crippen LogP contribution in [0.3, 0.4) is 0 Å². The summed E-state index contributed by atoms with van der Waals surface area (Å²) in [5.41, 5.74) is 5.01. The zero-order valence-corrected chi connectivity index (χ0v) is 14.7. The monoisotopic (exact) mass is 277 g/mol. The molecule has 0 aliphatic heterocycles. The maximum atomic E-state index is 4.33. The van der Waals surface area contributed by atoms with E-state index in [1.165, 1.54) is 18.4 Å². The Balaban J connectivity index is 2.40. The fraction of sp³-hybridized carbons (Fsp3) is 0.667. The zero-order valence-electron chi connectivity index (χ0n) is 12.7. The summed E-state index contributed by atoms with van der Waals surface area (Å²) in [6.07, 6.45) is 6.67. The molecule has 18 heavy (non-hydrogen) atoms. The number of hydrogen-bond acceptors (Lipinski definition) is 1. The van der Waals surface area contributed by atoms with Gasteiger partial charge in [0.05, 0.1) is 0 Å². The molecule has 1 aliphatic rings. The minimum atomic E-state index is -1.09. The largest absolute Gasteiger partial charge is 0.264 e. The van der Waals surface area contributed by atoms with Crippen molar-refractivity contribution in [2.75, 3.05) is 0 Å². The Bertz CT molecular complexity index is 388. The Labute approximate surface area is 114 Å². The van der Waals surface area contributed by atoms with E-state index in [1.807, 2.05) is 6.20 Å². The molecule has 1 heterocycles. The normalized spacial score (nSPS) is 24.8. The Kier molecular flexibility index (Phi) is 3.58. The Morgan fingerprint density at radius 3 is 1.89 bits per heavy atom. The van der Waals surface area contributed by atoms with Crippen molar-refractivity contribution in [3.63, 3.8) is 0 Å². The van der Waals surface area contributed by atoms with Crippen LogP contribution in [0.2, 0.25) is 50.4 Å². The molecule has 0 amide bonds. The molecule has 0 bridgehead atoms. The zero-order chi connectivity index (χ0) is 13.6. The van der Waals surface area contributed by atoms with Gasteiger partial charge in [-0.3, -0.25) is 4.98 Å². The van der Waals surface area contributed by atoms with E-state index >= 15 is 0 Å². The molecule has 1 aromatic heterocycles. The van der Waals surface area contributed by atoms with E-state index in [0.717, 1.165) is 11.1 Å². The topological polar surface area (TPSA) is 12.9 Å². The third kappa shape index (κ3) is 2.77. The lowest BCUT2D eigenvalue weighted by Gasteiger charge is -2.45. The van der Waals surface area contributed by atoms with Crippen LogP contribution in [0.15, 0.2) is 18.5 Å². The van der Waals surface area contributed by atoms with Gasteiger partial charge in [-0.15, -0.1) is 0 Å². The van der Waals surface area contributed by atoms with Crippen molar-refractivity contribution >= 4 is 16.1 Å². The lowest BCUT2D eigenvalue weighted by molar-refractivity contribution is 0.638. The Hall–Kier alpha value is -0.416. The molecule has 0 aromatic carbocycles. The number of nitrogens with zero attached hydrogens (tertiary/aromatic N) is 1. The molecule has 0 radical (unpaired) electrons. The molecular formula is C15H27NSi2. The summed E-state index contributed by atoms with van der Waals surface area (Å²) >= 11 is 0. The van der Waals surface area contributed by atoms with Gasteiger partial charge in [0.15, 0.2) is 0 Å². The average molecular weight is 278 g/mol. The number of hydrogen-bond donors (Lipinski definition) is 0. The van der Waals surface area contributed by atoms with E-state index in [4.69, 9.17) is 0 Å². The number of rotatable bonds is 2. The molecule has 3 heteroatoms. The predicted molar refractivity (Wildman–Crippen MR) is 85.8 cm³/mol. The van der Waals surface area contributed by atoms with E-state index in [1.54, 1.807) is 5.56 Å². The van der Waals surface area contributed by atoms with Gasteiger partial charge < -0.3 is 0 Å². The van der Waals surface area contributed by atoms with Gasteiger partial charge >= 0.3 is 0 Å². The van der Waals surface area contributed by atoms with E-state index in [2.05, 4.69) is 56.5 Å². The highest BCUT2D eigenvalue weighted by Crippen LogP contribution is 2.48. The highest BCUT2D eigenvalue weighted by Gasteiger charge is 2.43. The van der Waals surface area contributed by atoms with Gasteiger partial charge in [0.1, 0.15) is 0 Å². The van der Waals surface area contributed by atoms with Gasteiger partial charge in [-0.1, -0.05) is 39.3 Å². The van der Waals surface area contributed by atoms with E-state index in [-0.39, 0.29) is 0 Å². The summed E-state index contributed by atoms with van der Waals surface area (Å²) in [4.78, 5) is 4.33. The first-order valence-corrected chi connectivity index (χ1v) is 14.3. The first-order chi connectivity index (χ1) is 8.19. The van der Waals surface area contributed by atoms with Gasteiger partial charge in [-0.2, -0.15) is 0 Å².